The molecule has 0 aromatic heterocycles. The van der Waals surface area contributed by atoms with E-state index >= 15 is 0 Å². The third-order valence-electron chi connectivity index (χ3n) is 5.35. The number of anilines is 2. The van der Waals surface area contributed by atoms with E-state index in [4.69, 9.17) is 27.9 Å². The zero-order valence-electron chi connectivity index (χ0n) is 19.5. The molecular weight excluding hydrogens is 665 g/mol. The lowest BCUT2D eigenvalue weighted by Gasteiger charge is -2.27. The third kappa shape index (κ3) is 6.10. The summed E-state index contributed by atoms with van der Waals surface area (Å²) in [4.78, 5) is 52.1. The van der Waals surface area contributed by atoms with E-state index in [0.29, 0.717) is 35.8 Å². The van der Waals surface area contributed by atoms with Gasteiger partial charge in [0.1, 0.15) is 11.3 Å². The summed E-state index contributed by atoms with van der Waals surface area (Å²) in [5.74, 6) is -2.01. The van der Waals surface area contributed by atoms with Gasteiger partial charge in [-0.1, -0.05) is 57.3 Å². The topological polar surface area (TPSA) is 105 Å². The van der Waals surface area contributed by atoms with Gasteiger partial charge < -0.3 is 10.1 Å². The number of hydrogen-bond acceptors (Lipinski definition) is 5. The second-order valence-corrected chi connectivity index (χ2v) is 10.6. The molecule has 0 radical (unpaired) electrons. The first-order valence-electron chi connectivity index (χ1n) is 10.9. The number of nitrogens with one attached hydrogen (secondary N) is 2. The molecule has 1 heterocycles. The van der Waals surface area contributed by atoms with E-state index in [1.807, 2.05) is 0 Å². The normalized spacial score (nSPS) is 14.5. The quantitative estimate of drug-likeness (QED) is 0.228. The van der Waals surface area contributed by atoms with Gasteiger partial charge in [0, 0.05) is 15.1 Å². The average molecular weight is 682 g/mol. The van der Waals surface area contributed by atoms with Gasteiger partial charge >= 0.3 is 6.03 Å². The number of barbiturate groups is 1. The van der Waals surface area contributed by atoms with Crippen molar-refractivity contribution >= 4 is 96.3 Å². The van der Waals surface area contributed by atoms with Gasteiger partial charge in [-0.15, -0.1) is 0 Å². The van der Waals surface area contributed by atoms with Crippen molar-refractivity contribution in [2.24, 2.45) is 0 Å². The second kappa shape index (κ2) is 11.7. The monoisotopic (exact) mass is 679 g/mol. The molecule has 1 aliphatic heterocycles. The highest BCUT2D eigenvalue weighted by Crippen LogP contribution is 2.36. The summed E-state index contributed by atoms with van der Waals surface area (Å²) in [6.45, 7) is 1.31. The first kappa shape index (κ1) is 27.8. The van der Waals surface area contributed by atoms with Gasteiger partial charge in [0.15, 0.2) is 6.61 Å². The van der Waals surface area contributed by atoms with E-state index < -0.39 is 30.4 Å². The Labute approximate surface area is 244 Å². The van der Waals surface area contributed by atoms with Gasteiger partial charge in [-0.25, -0.2) is 9.69 Å². The summed E-state index contributed by atoms with van der Waals surface area (Å²) in [7, 11) is 0. The fourth-order valence-electron chi connectivity index (χ4n) is 3.58. The van der Waals surface area contributed by atoms with E-state index in [1.165, 1.54) is 12.1 Å². The maximum atomic E-state index is 13.4. The zero-order valence-corrected chi connectivity index (χ0v) is 24.2. The molecule has 0 aliphatic carbocycles. The summed E-state index contributed by atoms with van der Waals surface area (Å²) in [6.07, 6.45) is 1.29. The van der Waals surface area contributed by atoms with Crippen LogP contribution in [-0.2, 0) is 14.4 Å². The van der Waals surface area contributed by atoms with Crippen LogP contribution in [0.15, 0.2) is 69.1 Å². The van der Waals surface area contributed by atoms with Gasteiger partial charge in [0.05, 0.1) is 20.9 Å². The van der Waals surface area contributed by atoms with Crippen LogP contribution in [0.4, 0.5) is 16.2 Å². The summed E-state index contributed by atoms with van der Waals surface area (Å²) < 4.78 is 6.82. The predicted octanol–water partition coefficient (Wildman–Crippen LogP) is 6.51. The van der Waals surface area contributed by atoms with Crippen LogP contribution in [-0.4, -0.2) is 30.4 Å². The smallest absolute Gasteiger partial charge is 0.335 e. The lowest BCUT2D eigenvalue weighted by molar-refractivity contribution is -0.122. The van der Waals surface area contributed by atoms with Crippen molar-refractivity contribution in [3.05, 3.63) is 90.3 Å². The van der Waals surface area contributed by atoms with Crippen LogP contribution in [0.1, 0.15) is 11.1 Å². The van der Waals surface area contributed by atoms with Crippen LogP contribution in [0.3, 0.4) is 0 Å². The van der Waals surface area contributed by atoms with Crippen molar-refractivity contribution in [3.8, 4) is 5.75 Å². The Bertz CT molecular complexity index is 1530. The van der Waals surface area contributed by atoms with Gasteiger partial charge in [-0.2, -0.15) is 0 Å². The number of nitrogens with zero attached hydrogens (tertiary/aromatic N) is 1. The van der Waals surface area contributed by atoms with Crippen molar-refractivity contribution in [3.63, 3.8) is 0 Å². The van der Waals surface area contributed by atoms with Crippen LogP contribution < -0.4 is 20.3 Å². The predicted molar refractivity (Wildman–Crippen MR) is 153 cm³/mol. The Kier molecular flexibility index (Phi) is 8.57. The lowest BCUT2D eigenvalue weighted by atomic mass is 10.0. The van der Waals surface area contributed by atoms with Crippen molar-refractivity contribution in [1.29, 1.82) is 0 Å². The molecule has 8 nitrogen and oxygen atoms in total. The largest absolute Gasteiger partial charge is 0.482 e. The minimum absolute atomic E-state index is 0.193. The van der Waals surface area contributed by atoms with E-state index in [-0.39, 0.29) is 17.0 Å². The second-order valence-electron chi connectivity index (χ2n) is 8.01. The summed E-state index contributed by atoms with van der Waals surface area (Å²) in [5, 5.41) is 5.52. The van der Waals surface area contributed by atoms with Gasteiger partial charge in [0.2, 0.25) is 0 Å². The maximum Gasteiger partial charge on any atom is 0.335 e. The Morgan fingerprint density at radius 2 is 1.82 bits per heavy atom. The molecule has 3 aromatic rings. The molecule has 2 N–H and O–H groups in total. The highest BCUT2D eigenvalue weighted by molar-refractivity contribution is 9.11. The minimum Gasteiger partial charge on any atom is -0.482 e. The van der Waals surface area contributed by atoms with Crippen LogP contribution in [0.5, 0.6) is 5.75 Å². The number of ether oxygens (including phenoxy) is 1. The molecule has 38 heavy (non-hydrogen) atoms. The van der Waals surface area contributed by atoms with E-state index in [2.05, 4.69) is 42.5 Å². The first-order chi connectivity index (χ1) is 18.0. The molecule has 0 spiro atoms. The number of urea groups is 1. The number of rotatable bonds is 6. The SMILES string of the molecule is Cc1ccc(Cl)cc1N1C(=O)NC(=O)/C(=C\c2cc(Br)cc(Br)c2OCC(=O)Nc2ccccc2Cl)C1=O. The standard InChI is InChI=1S/C26H17Br2Cl2N3O5/c1-13-6-7-16(29)11-21(13)33-25(36)17(24(35)32-26(33)37)9-14-8-15(27)10-18(28)23(14)38-12-22(34)31-20-5-3-2-4-19(20)30/h2-11H,12H2,1H3,(H,31,34)(H,32,35,37)/b17-9+. The number of para-hydroxylation sites is 1. The van der Waals surface area contributed by atoms with Crippen molar-refractivity contribution in [2.45, 2.75) is 6.92 Å². The van der Waals surface area contributed by atoms with Crippen LogP contribution in [0.25, 0.3) is 6.08 Å². The molecule has 1 aliphatic rings. The Balaban J connectivity index is 1.66. The number of aryl methyl sites for hydroxylation is 1. The lowest BCUT2D eigenvalue weighted by Crippen LogP contribution is -2.54. The number of hydrogen-bond donors (Lipinski definition) is 2. The molecule has 0 bridgehead atoms. The van der Waals surface area contributed by atoms with Gasteiger partial charge in [-0.05, 0) is 70.9 Å². The van der Waals surface area contributed by atoms with E-state index in [1.54, 1.807) is 55.5 Å². The van der Waals surface area contributed by atoms with Gasteiger partial charge in [-0.3, -0.25) is 19.7 Å². The summed E-state index contributed by atoms with van der Waals surface area (Å²) in [5.41, 5.74) is 1.24. The first-order valence-corrected chi connectivity index (χ1v) is 13.2. The molecule has 0 atom stereocenters. The number of benzene rings is 3. The number of carbonyl (C=O) groups is 4. The summed E-state index contributed by atoms with van der Waals surface area (Å²) >= 11 is 18.9. The van der Waals surface area contributed by atoms with E-state index in [9.17, 15) is 19.2 Å². The maximum absolute atomic E-state index is 13.4. The van der Waals surface area contributed by atoms with Crippen LogP contribution in [0.2, 0.25) is 10.0 Å². The highest BCUT2D eigenvalue weighted by Gasteiger charge is 2.37. The minimum atomic E-state index is -0.898. The molecule has 0 saturated carbocycles. The van der Waals surface area contributed by atoms with E-state index in [0.717, 1.165) is 4.90 Å². The number of halogens is 4. The van der Waals surface area contributed by atoms with Crippen molar-refractivity contribution in [2.75, 3.05) is 16.8 Å². The van der Waals surface area contributed by atoms with Crippen LogP contribution >= 0.6 is 55.1 Å². The molecule has 194 valence electrons. The Hall–Kier alpha value is -3.18. The zero-order chi connectivity index (χ0) is 27.6. The molecule has 5 amide bonds. The molecule has 1 fully saturated rings. The van der Waals surface area contributed by atoms with Crippen LogP contribution in [0, 0.1) is 6.92 Å². The molecule has 1 saturated heterocycles. The Morgan fingerprint density at radius 1 is 1.08 bits per heavy atom. The average Bonchev–Trinajstić information content (AvgIpc) is 2.84. The Morgan fingerprint density at radius 3 is 2.55 bits per heavy atom. The third-order valence-corrected chi connectivity index (χ3v) is 6.96. The molecule has 3 aromatic carbocycles. The fraction of sp³-hybridized carbons (Fsp3) is 0.0769. The van der Waals surface area contributed by atoms with Crippen molar-refractivity contribution in [1.82, 2.24) is 5.32 Å². The number of imide groups is 2. The van der Waals surface area contributed by atoms with Crippen molar-refractivity contribution < 1.29 is 23.9 Å². The fourth-order valence-corrected chi connectivity index (χ4v) is 5.30. The summed E-state index contributed by atoms with van der Waals surface area (Å²) in [6, 6.07) is 13.9. The molecule has 4 rings (SSSR count). The molecular formula is C26H17Br2Cl2N3O5. The number of amides is 5. The molecule has 12 heteroatoms. The highest BCUT2D eigenvalue weighted by atomic mass is 79.9. The molecule has 0 unspecified atom stereocenters. The van der Waals surface area contributed by atoms with Gasteiger partial charge in [0.25, 0.3) is 17.7 Å². The number of carbonyl (C=O) groups excluding carboxylic acids is 4.